The van der Waals surface area contributed by atoms with Gasteiger partial charge in [0.2, 0.25) is 0 Å². The third-order valence-corrected chi connectivity index (χ3v) is 3.65. The largest absolute Gasteiger partial charge is 0.465 e. The molecule has 4 nitrogen and oxygen atoms in total. The Morgan fingerprint density at radius 2 is 2.29 bits per heavy atom. The smallest absolute Gasteiger partial charge is 0.339 e. The highest BCUT2D eigenvalue weighted by Gasteiger charge is 2.16. The summed E-state index contributed by atoms with van der Waals surface area (Å²) in [5.74, 6) is 0.204. The highest BCUT2D eigenvalue weighted by molar-refractivity contribution is 7.99. The zero-order chi connectivity index (χ0) is 12.8. The Balaban J connectivity index is 3.03. The lowest BCUT2D eigenvalue weighted by atomic mass is 10.2. The van der Waals surface area contributed by atoms with Crippen molar-refractivity contribution in [1.29, 1.82) is 0 Å². The van der Waals surface area contributed by atoms with Gasteiger partial charge in [0.1, 0.15) is 0 Å². The number of esters is 1. The van der Waals surface area contributed by atoms with E-state index in [1.807, 2.05) is 0 Å². The summed E-state index contributed by atoms with van der Waals surface area (Å²) in [6.45, 7) is 0.104. The summed E-state index contributed by atoms with van der Waals surface area (Å²) in [7, 11) is 1.31. The van der Waals surface area contributed by atoms with Crippen molar-refractivity contribution in [2.75, 3.05) is 25.2 Å². The van der Waals surface area contributed by atoms with Crippen molar-refractivity contribution in [3.8, 4) is 0 Å². The molecular formula is C11H14ClNO3S. The van der Waals surface area contributed by atoms with Crippen molar-refractivity contribution >= 4 is 35.0 Å². The van der Waals surface area contributed by atoms with Crippen molar-refractivity contribution < 1.29 is 14.6 Å². The van der Waals surface area contributed by atoms with Gasteiger partial charge in [-0.15, -0.1) is 11.8 Å². The van der Waals surface area contributed by atoms with Gasteiger partial charge in [-0.3, -0.25) is 0 Å². The lowest BCUT2D eigenvalue weighted by Gasteiger charge is -2.10. The Hall–Kier alpha value is -0.910. The molecule has 0 fully saturated rings. The average molecular weight is 276 g/mol. The number of anilines is 1. The van der Waals surface area contributed by atoms with E-state index in [1.54, 1.807) is 12.1 Å². The highest BCUT2D eigenvalue weighted by Crippen LogP contribution is 2.33. The molecule has 0 spiro atoms. The predicted molar refractivity (Wildman–Crippen MR) is 69.6 cm³/mol. The molecule has 0 aromatic heterocycles. The Morgan fingerprint density at radius 3 is 2.88 bits per heavy atom. The summed E-state index contributed by atoms with van der Waals surface area (Å²) in [6.07, 6.45) is 0.631. The Kier molecular flexibility index (Phi) is 5.61. The molecule has 0 saturated carbocycles. The molecule has 0 atom stereocenters. The maximum Gasteiger partial charge on any atom is 0.339 e. The Bertz CT molecular complexity index is 412. The predicted octanol–water partition coefficient (Wildman–Crippen LogP) is 2.18. The third kappa shape index (κ3) is 3.80. The summed E-state index contributed by atoms with van der Waals surface area (Å²) >= 11 is 7.45. The molecule has 1 aromatic carbocycles. The van der Waals surface area contributed by atoms with Gasteiger partial charge in [-0.2, -0.15) is 0 Å². The van der Waals surface area contributed by atoms with E-state index in [2.05, 4.69) is 4.74 Å². The first-order valence-corrected chi connectivity index (χ1v) is 6.37. The molecule has 0 saturated heterocycles. The fourth-order valence-electron chi connectivity index (χ4n) is 1.26. The minimum Gasteiger partial charge on any atom is -0.465 e. The molecule has 0 heterocycles. The normalized spacial score (nSPS) is 10.3. The molecule has 1 rings (SSSR count). The molecule has 17 heavy (non-hydrogen) atoms. The minimum atomic E-state index is -0.467. The van der Waals surface area contributed by atoms with Crippen LogP contribution in [0.25, 0.3) is 0 Å². The molecule has 0 aliphatic heterocycles. The fraction of sp³-hybridized carbons (Fsp3) is 0.364. The molecule has 94 valence electrons. The summed E-state index contributed by atoms with van der Waals surface area (Å²) in [5.41, 5.74) is 6.41. The van der Waals surface area contributed by atoms with Gasteiger partial charge in [-0.25, -0.2) is 4.79 Å². The summed E-state index contributed by atoms with van der Waals surface area (Å²) < 4.78 is 4.68. The van der Waals surface area contributed by atoms with Gasteiger partial charge in [0.25, 0.3) is 0 Å². The van der Waals surface area contributed by atoms with Gasteiger partial charge in [-0.05, 0) is 18.6 Å². The molecule has 0 amide bonds. The van der Waals surface area contributed by atoms with Crippen molar-refractivity contribution in [2.24, 2.45) is 0 Å². The van der Waals surface area contributed by atoms with Crippen LogP contribution in [0.4, 0.5) is 5.69 Å². The zero-order valence-electron chi connectivity index (χ0n) is 9.40. The molecule has 0 aliphatic rings. The van der Waals surface area contributed by atoms with E-state index in [4.69, 9.17) is 22.4 Å². The first-order valence-electron chi connectivity index (χ1n) is 5.01. The number of methoxy groups -OCH3 is 1. The second kappa shape index (κ2) is 6.74. The van der Waals surface area contributed by atoms with E-state index in [1.165, 1.54) is 18.9 Å². The van der Waals surface area contributed by atoms with Crippen molar-refractivity contribution in [3.05, 3.63) is 22.7 Å². The molecule has 0 aliphatic carbocycles. The van der Waals surface area contributed by atoms with Crippen LogP contribution < -0.4 is 5.73 Å². The number of aliphatic hydroxyl groups excluding tert-OH is 1. The van der Waals surface area contributed by atoms with Crippen LogP contribution in [0.3, 0.4) is 0 Å². The molecule has 0 bridgehead atoms. The number of carbonyl (C=O) groups is 1. The van der Waals surface area contributed by atoms with Gasteiger partial charge in [0, 0.05) is 22.9 Å². The van der Waals surface area contributed by atoms with E-state index in [0.29, 0.717) is 33.3 Å². The third-order valence-electron chi connectivity index (χ3n) is 2.02. The molecule has 3 N–H and O–H groups in total. The maximum atomic E-state index is 11.6. The number of hydrogen-bond donors (Lipinski definition) is 2. The molecular weight excluding hydrogens is 262 g/mol. The van der Waals surface area contributed by atoms with E-state index in [-0.39, 0.29) is 6.61 Å². The summed E-state index contributed by atoms with van der Waals surface area (Å²) in [4.78, 5) is 12.2. The maximum absolute atomic E-state index is 11.6. The van der Waals surface area contributed by atoms with Gasteiger partial charge >= 0.3 is 5.97 Å². The van der Waals surface area contributed by atoms with Crippen LogP contribution >= 0.6 is 23.4 Å². The van der Waals surface area contributed by atoms with E-state index in [9.17, 15) is 4.79 Å². The van der Waals surface area contributed by atoms with Crippen LogP contribution in [-0.2, 0) is 4.74 Å². The number of hydrogen-bond acceptors (Lipinski definition) is 5. The number of aliphatic hydroxyl groups is 1. The summed E-state index contributed by atoms with van der Waals surface area (Å²) in [5, 5.41) is 9.15. The van der Waals surface area contributed by atoms with Crippen LogP contribution in [0.5, 0.6) is 0 Å². The quantitative estimate of drug-likeness (QED) is 0.373. The van der Waals surface area contributed by atoms with Crippen molar-refractivity contribution in [2.45, 2.75) is 11.3 Å². The highest BCUT2D eigenvalue weighted by atomic mass is 35.5. The first-order chi connectivity index (χ1) is 8.10. The van der Waals surface area contributed by atoms with Crippen LogP contribution in [-0.4, -0.2) is 30.5 Å². The number of halogens is 1. The van der Waals surface area contributed by atoms with Crippen molar-refractivity contribution in [1.82, 2.24) is 0 Å². The van der Waals surface area contributed by atoms with E-state index in [0.717, 1.165) is 0 Å². The lowest BCUT2D eigenvalue weighted by molar-refractivity contribution is 0.0597. The number of rotatable bonds is 5. The molecule has 0 radical (unpaired) electrons. The second-order valence-electron chi connectivity index (χ2n) is 3.30. The number of nitrogens with two attached hydrogens (primary N) is 1. The topological polar surface area (TPSA) is 72.5 Å². The fourth-order valence-corrected chi connectivity index (χ4v) is 2.63. The molecule has 0 unspecified atom stereocenters. The zero-order valence-corrected chi connectivity index (χ0v) is 11.0. The van der Waals surface area contributed by atoms with Crippen LogP contribution in [0.2, 0.25) is 5.02 Å². The van der Waals surface area contributed by atoms with Crippen molar-refractivity contribution in [3.63, 3.8) is 0 Å². The standard InChI is InChI=1S/C11H14ClNO3S/c1-16-11(15)8-5-7(13)6-9(12)10(8)17-4-2-3-14/h5-6,14H,2-4,13H2,1H3. The monoisotopic (exact) mass is 275 g/mol. The second-order valence-corrected chi connectivity index (χ2v) is 4.81. The first kappa shape index (κ1) is 14.2. The SMILES string of the molecule is COC(=O)c1cc(N)cc(Cl)c1SCCCO. The lowest BCUT2D eigenvalue weighted by Crippen LogP contribution is -2.05. The van der Waals surface area contributed by atoms with Gasteiger partial charge in [0.15, 0.2) is 0 Å². The van der Waals surface area contributed by atoms with Crippen LogP contribution in [0.15, 0.2) is 17.0 Å². The number of thioether (sulfide) groups is 1. The summed E-state index contributed by atoms with van der Waals surface area (Å²) in [6, 6.07) is 3.13. The van der Waals surface area contributed by atoms with Gasteiger partial charge in [-0.1, -0.05) is 11.6 Å². The molecule has 1 aromatic rings. The van der Waals surface area contributed by atoms with Gasteiger partial charge in [0.05, 0.1) is 17.7 Å². The minimum absolute atomic E-state index is 0.104. The average Bonchev–Trinajstić information content (AvgIpc) is 2.30. The Labute approximate surface area is 109 Å². The van der Waals surface area contributed by atoms with Crippen LogP contribution in [0, 0.1) is 0 Å². The van der Waals surface area contributed by atoms with E-state index < -0.39 is 5.97 Å². The van der Waals surface area contributed by atoms with E-state index >= 15 is 0 Å². The molecule has 6 heteroatoms. The number of benzene rings is 1. The van der Waals surface area contributed by atoms with Crippen LogP contribution in [0.1, 0.15) is 16.8 Å². The Morgan fingerprint density at radius 1 is 1.59 bits per heavy atom. The number of carbonyl (C=O) groups excluding carboxylic acids is 1. The number of ether oxygens (including phenoxy) is 1. The number of nitrogen functional groups attached to an aromatic ring is 1. The van der Waals surface area contributed by atoms with Gasteiger partial charge < -0.3 is 15.6 Å².